The van der Waals surface area contributed by atoms with E-state index in [9.17, 15) is 9.59 Å². The van der Waals surface area contributed by atoms with Crippen molar-refractivity contribution in [2.24, 2.45) is 11.8 Å². The van der Waals surface area contributed by atoms with Crippen molar-refractivity contribution in [2.75, 3.05) is 6.54 Å². The Morgan fingerprint density at radius 1 is 1.28 bits per heavy atom. The van der Waals surface area contributed by atoms with Crippen LogP contribution in [0.1, 0.15) is 39.0 Å². The summed E-state index contributed by atoms with van der Waals surface area (Å²) < 4.78 is 0. The molecule has 1 saturated carbocycles. The molecular weight excluding hydrogens is 232 g/mol. The van der Waals surface area contributed by atoms with Crippen LogP contribution in [0.5, 0.6) is 0 Å². The topological polar surface area (TPSA) is 78.4 Å². The van der Waals surface area contributed by atoms with E-state index >= 15 is 0 Å². The standard InChI is InChI=1S/C13H22N2O3/c1-8-3-2-6-14-11(8)12(16)15-10-5-4-9(7-10)13(17)18/h8-11,14H,2-7H2,1H3,(H,15,16)(H,17,18). The van der Waals surface area contributed by atoms with E-state index < -0.39 is 5.97 Å². The van der Waals surface area contributed by atoms with Gasteiger partial charge in [0.05, 0.1) is 12.0 Å². The number of nitrogens with one attached hydrogen (secondary N) is 2. The molecule has 3 N–H and O–H groups in total. The third kappa shape index (κ3) is 3.02. The molecule has 1 saturated heterocycles. The number of piperidine rings is 1. The van der Waals surface area contributed by atoms with Crippen LogP contribution >= 0.6 is 0 Å². The smallest absolute Gasteiger partial charge is 0.306 e. The van der Waals surface area contributed by atoms with Gasteiger partial charge in [-0.3, -0.25) is 9.59 Å². The third-order valence-electron chi connectivity index (χ3n) is 4.18. The fourth-order valence-electron chi connectivity index (χ4n) is 3.03. The van der Waals surface area contributed by atoms with Crippen molar-refractivity contribution in [3.8, 4) is 0 Å². The van der Waals surface area contributed by atoms with Crippen molar-refractivity contribution in [2.45, 2.75) is 51.1 Å². The molecule has 0 aromatic heterocycles. The van der Waals surface area contributed by atoms with Crippen LogP contribution in [-0.2, 0) is 9.59 Å². The van der Waals surface area contributed by atoms with E-state index in [1.165, 1.54) is 0 Å². The van der Waals surface area contributed by atoms with Gasteiger partial charge in [0.15, 0.2) is 0 Å². The van der Waals surface area contributed by atoms with Gasteiger partial charge in [-0.25, -0.2) is 0 Å². The summed E-state index contributed by atoms with van der Waals surface area (Å²) in [5, 5.41) is 15.2. The fraction of sp³-hybridized carbons (Fsp3) is 0.846. The van der Waals surface area contributed by atoms with E-state index in [0.29, 0.717) is 18.8 Å². The van der Waals surface area contributed by atoms with Gasteiger partial charge < -0.3 is 15.7 Å². The number of carbonyl (C=O) groups excluding carboxylic acids is 1. The Bertz CT molecular complexity index is 332. The monoisotopic (exact) mass is 254 g/mol. The maximum absolute atomic E-state index is 12.1. The number of aliphatic carboxylic acids is 1. The third-order valence-corrected chi connectivity index (χ3v) is 4.18. The number of amides is 1. The number of carboxylic acid groups (broad SMARTS) is 1. The molecule has 4 atom stereocenters. The van der Waals surface area contributed by atoms with Crippen LogP contribution in [0, 0.1) is 11.8 Å². The molecule has 102 valence electrons. The van der Waals surface area contributed by atoms with E-state index in [1.54, 1.807) is 0 Å². The second kappa shape index (κ2) is 5.69. The Balaban J connectivity index is 1.82. The largest absolute Gasteiger partial charge is 0.481 e. The van der Waals surface area contributed by atoms with Crippen LogP contribution in [0.2, 0.25) is 0 Å². The molecule has 2 fully saturated rings. The Morgan fingerprint density at radius 2 is 2.06 bits per heavy atom. The van der Waals surface area contributed by atoms with Crippen molar-refractivity contribution < 1.29 is 14.7 Å². The van der Waals surface area contributed by atoms with Crippen molar-refractivity contribution >= 4 is 11.9 Å². The zero-order valence-electron chi connectivity index (χ0n) is 10.8. The molecule has 2 aliphatic rings. The van der Waals surface area contributed by atoms with Crippen LogP contribution in [0.4, 0.5) is 0 Å². The van der Waals surface area contributed by atoms with Gasteiger partial charge in [-0.1, -0.05) is 6.92 Å². The van der Waals surface area contributed by atoms with E-state index in [1.807, 2.05) is 0 Å². The predicted molar refractivity (Wildman–Crippen MR) is 67.1 cm³/mol. The second-order valence-electron chi connectivity index (χ2n) is 5.61. The molecule has 0 aromatic carbocycles. The average molecular weight is 254 g/mol. The normalized spacial score (nSPS) is 36.3. The van der Waals surface area contributed by atoms with Crippen molar-refractivity contribution in [3.05, 3.63) is 0 Å². The van der Waals surface area contributed by atoms with Gasteiger partial charge in [0, 0.05) is 6.04 Å². The lowest BCUT2D eigenvalue weighted by Crippen LogP contribution is -2.52. The molecule has 0 bridgehead atoms. The maximum Gasteiger partial charge on any atom is 0.306 e. The highest BCUT2D eigenvalue weighted by atomic mass is 16.4. The maximum atomic E-state index is 12.1. The Kier molecular flexibility index (Phi) is 4.22. The van der Waals surface area contributed by atoms with E-state index in [0.717, 1.165) is 25.8 Å². The summed E-state index contributed by atoms with van der Waals surface area (Å²) in [7, 11) is 0. The first-order valence-corrected chi connectivity index (χ1v) is 6.84. The van der Waals surface area contributed by atoms with Crippen LogP contribution in [0.25, 0.3) is 0 Å². The molecule has 0 spiro atoms. The zero-order chi connectivity index (χ0) is 13.1. The zero-order valence-corrected chi connectivity index (χ0v) is 10.8. The minimum atomic E-state index is -0.740. The summed E-state index contributed by atoms with van der Waals surface area (Å²) in [6.07, 6.45) is 4.23. The van der Waals surface area contributed by atoms with Crippen molar-refractivity contribution in [1.29, 1.82) is 0 Å². The molecule has 2 rings (SSSR count). The molecule has 0 radical (unpaired) electrons. The highest BCUT2D eigenvalue weighted by Crippen LogP contribution is 2.26. The van der Waals surface area contributed by atoms with Gasteiger partial charge in [-0.15, -0.1) is 0 Å². The fourth-order valence-corrected chi connectivity index (χ4v) is 3.03. The van der Waals surface area contributed by atoms with Crippen LogP contribution in [0.15, 0.2) is 0 Å². The molecule has 1 aliphatic carbocycles. The number of hydrogen-bond donors (Lipinski definition) is 3. The number of hydrogen-bond acceptors (Lipinski definition) is 3. The molecular formula is C13H22N2O3. The molecule has 1 amide bonds. The van der Waals surface area contributed by atoms with Gasteiger partial charge in [-0.05, 0) is 44.6 Å². The quantitative estimate of drug-likeness (QED) is 0.694. The summed E-state index contributed by atoms with van der Waals surface area (Å²) in [5.74, 6) is -0.628. The van der Waals surface area contributed by atoms with Gasteiger partial charge in [0.1, 0.15) is 0 Å². The van der Waals surface area contributed by atoms with Crippen molar-refractivity contribution in [3.63, 3.8) is 0 Å². The summed E-state index contributed by atoms with van der Waals surface area (Å²) >= 11 is 0. The molecule has 5 nitrogen and oxygen atoms in total. The summed E-state index contributed by atoms with van der Waals surface area (Å²) in [5.41, 5.74) is 0. The van der Waals surface area contributed by atoms with Crippen LogP contribution < -0.4 is 10.6 Å². The van der Waals surface area contributed by atoms with Gasteiger partial charge >= 0.3 is 5.97 Å². The van der Waals surface area contributed by atoms with E-state index in [-0.39, 0.29) is 23.9 Å². The molecule has 1 aliphatic heterocycles. The first-order chi connectivity index (χ1) is 8.58. The van der Waals surface area contributed by atoms with E-state index in [2.05, 4.69) is 17.6 Å². The summed E-state index contributed by atoms with van der Waals surface area (Å²) in [6, 6.07) is -0.0721. The van der Waals surface area contributed by atoms with Crippen LogP contribution in [-0.4, -0.2) is 35.6 Å². The summed E-state index contributed by atoms with van der Waals surface area (Å²) in [4.78, 5) is 23.0. The highest BCUT2D eigenvalue weighted by Gasteiger charge is 2.33. The minimum Gasteiger partial charge on any atom is -0.481 e. The SMILES string of the molecule is CC1CCCNC1C(=O)NC1CCC(C(=O)O)C1. The lowest BCUT2D eigenvalue weighted by Gasteiger charge is -2.30. The summed E-state index contributed by atoms with van der Waals surface area (Å²) in [6.45, 7) is 2.98. The first-order valence-electron chi connectivity index (χ1n) is 6.84. The second-order valence-corrected chi connectivity index (χ2v) is 5.61. The highest BCUT2D eigenvalue weighted by molar-refractivity contribution is 5.82. The molecule has 18 heavy (non-hydrogen) atoms. The Labute approximate surface area is 107 Å². The van der Waals surface area contributed by atoms with Crippen LogP contribution in [0.3, 0.4) is 0 Å². The lowest BCUT2D eigenvalue weighted by atomic mass is 9.92. The minimum absolute atomic E-state index is 0.0366. The number of rotatable bonds is 3. The molecule has 5 heteroatoms. The van der Waals surface area contributed by atoms with Gasteiger partial charge in [-0.2, -0.15) is 0 Å². The predicted octanol–water partition coefficient (Wildman–Crippen LogP) is 0.744. The van der Waals surface area contributed by atoms with E-state index in [4.69, 9.17) is 5.11 Å². The molecule has 4 unspecified atom stereocenters. The average Bonchev–Trinajstić information content (AvgIpc) is 2.78. The number of carboxylic acids is 1. The van der Waals surface area contributed by atoms with Crippen molar-refractivity contribution in [1.82, 2.24) is 10.6 Å². The Hall–Kier alpha value is -1.10. The first kappa shape index (κ1) is 13.3. The molecule has 0 aromatic rings. The van der Waals surface area contributed by atoms with Gasteiger partial charge in [0.25, 0.3) is 0 Å². The molecule has 1 heterocycles. The van der Waals surface area contributed by atoms with Gasteiger partial charge in [0.2, 0.25) is 5.91 Å². The number of carbonyl (C=O) groups is 2. The Morgan fingerprint density at radius 3 is 2.67 bits per heavy atom. The lowest BCUT2D eigenvalue weighted by molar-refractivity contribution is -0.141.